The molecule has 0 fully saturated rings. The largest absolute Gasteiger partial charge is 0.497 e. The van der Waals surface area contributed by atoms with Gasteiger partial charge in [-0.2, -0.15) is 0 Å². The molecule has 0 saturated heterocycles. The SMILES string of the molecule is COc1ccc(CCCCc2ccc(OC)c(OC)c2OC)cc1. The van der Waals surface area contributed by atoms with Gasteiger partial charge in [0.1, 0.15) is 5.75 Å². The molecular weight excluding hydrogens is 304 g/mol. The maximum absolute atomic E-state index is 5.53. The molecule has 0 unspecified atom stereocenters. The van der Waals surface area contributed by atoms with Gasteiger partial charge >= 0.3 is 0 Å². The maximum Gasteiger partial charge on any atom is 0.203 e. The van der Waals surface area contributed by atoms with E-state index in [0.29, 0.717) is 11.5 Å². The van der Waals surface area contributed by atoms with Gasteiger partial charge in [0.15, 0.2) is 11.5 Å². The molecule has 2 aromatic rings. The average Bonchev–Trinajstić information content (AvgIpc) is 2.64. The van der Waals surface area contributed by atoms with Gasteiger partial charge in [-0.1, -0.05) is 18.2 Å². The number of benzene rings is 2. The average molecular weight is 330 g/mol. The van der Waals surface area contributed by atoms with Crippen LogP contribution in [0.4, 0.5) is 0 Å². The second-order valence-electron chi connectivity index (χ2n) is 5.55. The van der Waals surface area contributed by atoms with Gasteiger partial charge < -0.3 is 18.9 Å². The third kappa shape index (κ3) is 4.34. The Labute approximate surface area is 144 Å². The van der Waals surface area contributed by atoms with Crippen molar-refractivity contribution < 1.29 is 18.9 Å². The van der Waals surface area contributed by atoms with Crippen molar-refractivity contribution in [1.29, 1.82) is 0 Å². The summed E-state index contributed by atoms with van der Waals surface area (Å²) in [5, 5.41) is 0. The van der Waals surface area contributed by atoms with Crippen molar-refractivity contribution in [3.63, 3.8) is 0 Å². The predicted octanol–water partition coefficient (Wildman–Crippen LogP) is 4.29. The van der Waals surface area contributed by atoms with Crippen molar-refractivity contribution in [3.8, 4) is 23.0 Å². The third-order valence-corrected chi connectivity index (χ3v) is 4.11. The summed E-state index contributed by atoms with van der Waals surface area (Å²) in [6, 6.07) is 12.2. The first-order valence-electron chi connectivity index (χ1n) is 8.14. The predicted molar refractivity (Wildman–Crippen MR) is 95.7 cm³/mol. The van der Waals surface area contributed by atoms with Crippen molar-refractivity contribution in [2.75, 3.05) is 28.4 Å². The van der Waals surface area contributed by atoms with E-state index in [1.165, 1.54) is 5.56 Å². The van der Waals surface area contributed by atoms with Gasteiger partial charge in [0.05, 0.1) is 28.4 Å². The summed E-state index contributed by atoms with van der Waals surface area (Å²) < 4.78 is 21.5. The van der Waals surface area contributed by atoms with Gasteiger partial charge in [0, 0.05) is 0 Å². The fourth-order valence-corrected chi connectivity index (χ4v) is 2.80. The van der Waals surface area contributed by atoms with Gasteiger partial charge in [-0.25, -0.2) is 0 Å². The highest BCUT2D eigenvalue weighted by molar-refractivity contribution is 5.55. The minimum atomic E-state index is 0.660. The topological polar surface area (TPSA) is 36.9 Å². The Hall–Kier alpha value is -2.36. The molecule has 2 rings (SSSR count). The quantitative estimate of drug-likeness (QED) is 0.643. The zero-order chi connectivity index (χ0) is 17.4. The van der Waals surface area contributed by atoms with Gasteiger partial charge in [-0.3, -0.25) is 0 Å². The van der Waals surface area contributed by atoms with E-state index in [-0.39, 0.29) is 0 Å². The molecule has 24 heavy (non-hydrogen) atoms. The molecule has 0 heterocycles. The molecule has 0 aliphatic rings. The van der Waals surface area contributed by atoms with Crippen LogP contribution >= 0.6 is 0 Å². The van der Waals surface area contributed by atoms with Crippen LogP contribution < -0.4 is 18.9 Å². The highest BCUT2D eigenvalue weighted by Crippen LogP contribution is 2.40. The Morgan fingerprint density at radius 3 is 1.88 bits per heavy atom. The van der Waals surface area contributed by atoms with Crippen LogP contribution in [-0.2, 0) is 12.8 Å². The molecule has 0 radical (unpaired) electrons. The first-order valence-corrected chi connectivity index (χ1v) is 8.14. The molecule has 0 aromatic heterocycles. The summed E-state index contributed by atoms with van der Waals surface area (Å²) in [4.78, 5) is 0. The van der Waals surface area contributed by atoms with E-state index < -0.39 is 0 Å². The van der Waals surface area contributed by atoms with Crippen LogP contribution in [0, 0.1) is 0 Å². The zero-order valence-corrected chi connectivity index (χ0v) is 14.9. The van der Waals surface area contributed by atoms with Gasteiger partial charge in [0.25, 0.3) is 0 Å². The zero-order valence-electron chi connectivity index (χ0n) is 14.9. The lowest BCUT2D eigenvalue weighted by atomic mass is 10.0. The summed E-state index contributed by atoms with van der Waals surface area (Å²) in [5.41, 5.74) is 2.47. The first-order chi connectivity index (χ1) is 11.7. The van der Waals surface area contributed by atoms with Gasteiger partial charge in [-0.15, -0.1) is 0 Å². The molecule has 0 bridgehead atoms. The van der Waals surface area contributed by atoms with Crippen LogP contribution in [-0.4, -0.2) is 28.4 Å². The van der Waals surface area contributed by atoms with E-state index in [1.54, 1.807) is 28.4 Å². The fraction of sp³-hybridized carbons (Fsp3) is 0.400. The van der Waals surface area contributed by atoms with E-state index in [2.05, 4.69) is 12.1 Å². The van der Waals surface area contributed by atoms with E-state index in [0.717, 1.165) is 42.7 Å². The fourth-order valence-electron chi connectivity index (χ4n) is 2.80. The van der Waals surface area contributed by atoms with Crippen LogP contribution in [0.1, 0.15) is 24.0 Å². The molecule has 0 atom stereocenters. The van der Waals surface area contributed by atoms with Crippen LogP contribution in [0.2, 0.25) is 0 Å². The number of rotatable bonds is 9. The normalized spacial score (nSPS) is 10.3. The summed E-state index contributed by atoms with van der Waals surface area (Å²) in [6.07, 6.45) is 4.20. The van der Waals surface area contributed by atoms with Crippen molar-refractivity contribution >= 4 is 0 Å². The van der Waals surface area contributed by atoms with E-state index in [9.17, 15) is 0 Å². The summed E-state index contributed by atoms with van der Waals surface area (Å²) >= 11 is 0. The summed E-state index contributed by atoms with van der Waals surface area (Å²) in [6.45, 7) is 0. The molecule has 0 saturated carbocycles. The summed E-state index contributed by atoms with van der Waals surface area (Å²) in [5.74, 6) is 3.01. The lowest BCUT2D eigenvalue weighted by Crippen LogP contribution is -1.99. The van der Waals surface area contributed by atoms with Gasteiger partial charge in [-0.05, 0) is 55.0 Å². The molecule has 4 heteroatoms. The molecule has 0 aliphatic carbocycles. The number of hydrogen-bond acceptors (Lipinski definition) is 4. The van der Waals surface area contributed by atoms with E-state index in [4.69, 9.17) is 18.9 Å². The number of aryl methyl sites for hydroxylation is 2. The smallest absolute Gasteiger partial charge is 0.203 e. The standard InChI is InChI=1S/C20H26O4/c1-21-17-12-9-15(10-13-17)7-5-6-8-16-11-14-18(22-2)20(24-4)19(16)23-3/h9-14H,5-8H2,1-4H3. The lowest BCUT2D eigenvalue weighted by Gasteiger charge is -2.15. The highest BCUT2D eigenvalue weighted by Gasteiger charge is 2.15. The van der Waals surface area contributed by atoms with Crippen LogP contribution in [0.5, 0.6) is 23.0 Å². The highest BCUT2D eigenvalue weighted by atomic mass is 16.5. The minimum Gasteiger partial charge on any atom is -0.497 e. The third-order valence-electron chi connectivity index (χ3n) is 4.11. The molecule has 0 amide bonds. The second-order valence-corrected chi connectivity index (χ2v) is 5.55. The number of unbranched alkanes of at least 4 members (excludes halogenated alkanes) is 1. The van der Waals surface area contributed by atoms with Crippen molar-refractivity contribution in [2.24, 2.45) is 0 Å². The monoisotopic (exact) mass is 330 g/mol. The molecule has 0 N–H and O–H groups in total. The Kier molecular flexibility index (Phi) is 6.79. The molecule has 4 nitrogen and oxygen atoms in total. The molecular formula is C20H26O4. The lowest BCUT2D eigenvalue weighted by molar-refractivity contribution is 0.322. The van der Waals surface area contributed by atoms with Crippen LogP contribution in [0.15, 0.2) is 36.4 Å². The molecule has 0 aliphatic heterocycles. The Balaban J connectivity index is 1.94. The van der Waals surface area contributed by atoms with Crippen LogP contribution in [0.3, 0.4) is 0 Å². The molecule has 0 spiro atoms. The number of methoxy groups -OCH3 is 4. The molecule has 2 aromatic carbocycles. The second kappa shape index (κ2) is 9.06. The number of hydrogen-bond donors (Lipinski definition) is 0. The van der Waals surface area contributed by atoms with E-state index >= 15 is 0 Å². The van der Waals surface area contributed by atoms with Crippen molar-refractivity contribution in [2.45, 2.75) is 25.7 Å². The van der Waals surface area contributed by atoms with Crippen molar-refractivity contribution in [3.05, 3.63) is 47.5 Å². The summed E-state index contributed by atoms with van der Waals surface area (Å²) in [7, 11) is 6.61. The van der Waals surface area contributed by atoms with E-state index in [1.807, 2.05) is 24.3 Å². The first kappa shape index (κ1) is 18.0. The minimum absolute atomic E-state index is 0.660. The van der Waals surface area contributed by atoms with Crippen LogP contribution in [0.25, 0.3) is 0 Å². The number of ether oxygens (including phenoxy) is 4. The molecule has 130 valence electrons. The maximum atomic E-state index is 5.53. The Bertz CT molecular complexity index is 635. The van der Waals surface area contributed by atoms with Crippen molar-refractivity contribution in [1.82, 2.24) is 0 Å². The Morgan fingerprint density at radius 2 is 1.29 bits per heavy atom. The van der Waals surface area contributed by atoms with Gasteiger partial charge in [0.2, 0.25) is 5.75 Å². The Morgan fingerprint density at radius 1 is 0.625 bits per heavy atom.